The van der Waals surface area contributed by atoms with E-state index in [1.807, 2.05) is 0 Å². The van der Waals surface area contributed by atoms with Crippen LogP contribution in [0.1, 0.15) is 0 Å². The van der Waals surface area contributed by atoms with Gasteiger partial charge in [-0.3, -0.25) is 0 Å². The molecular formula is F2LiNO7S3. The molecule has 0 atom stereocenters. The van der Waals surface area contributed by atoms with Gasteiger partial charge in [0, 0.05) is 0 Å². The van der Waals surface area contributed by atoms with Crippen LogP contribution in [0.5, 0.6) is 0 Å². The Balaban J connectivity index is 0. The first-order valence-electron chi connectivity index (χ1n) is 2.02. The average molecular weight is 267 g/mol. The quantitative estimate of drug-likeness (QED) is 0.285. The minimum Gasteiger partial charge on any atom is -0.734 e. The zero-order valence-electron chi connectivity index (χ0n) is 6.29. The van der Waals surface area contributed by atoms with Crippen molar-refractivity contribution >= 4 is 31.1 Å². The number of hydrogen-bond donors (Lipinski definition) is 0. The summed E-state index contributed by atoms with van der Waals surface area (Å²) in [4.78, 5) is 0. The number of hydrogen-bond acceptors (Lipinski definition) is 7. The van der Waals surface area contributed by atoms with E-state index in [-0.39, 0.29) is 18.9 Å². The predicted octanol–water partition coefficient (Wildman–Crippen LogP) is -4.82. The summed E-state index contributed by atoms with van der Waals surface area (Å²) in [5, 5.41) is 0. The Kier molecular flexibility index (Phi) is 5.22. The van der Waals surface area contributed by atoms with Gasteiger partial charge in [0.15, 0.2) is 10.3 Å². The van der Waals surface area contributed by atoms with Crippen molar-refractivity contribution in [1.82, 2.24) is 3.12 Å². The largest absolute Gasteiger partial charge is 1.00 e. The van der Waals surface area contributed by atoms with Gasteiger partial charge >= 0.3 is 39.7 Å². The summed E-state index contributed by atoms with van der Waals surface area (Å²) in [6.07, 6.45) is 0. The van der Waals surface area contributed by atoms with Crippen LogP contribution in [-0.2, 0) is 31.1 Å². The van der Waals surface area contributed by atoms with Gasteiger partial charge in [-0.2, -0.15) is 16.8 Å². The molecule has 0 amide bonds. The van der Waals surface area contributed by atoms with Gasteiger partial charge in [-0.15, -0.1) is 0 Å². The third-order valence-electron chi connectivity index (χ3n) is 0.539. The van der Waals surface area contributed by atoms with E-state index < -0.39 is 34.2 Å². The second kappa shape index (κ2) is 4.39. The molecule has 14 heteroatoms. The molecule has 0 rings (SSSR count). The summed E-state index contributed by atoms with van der Waals surface area (Å²) < 4.78 is 89.1. The van der Waals surface area contributed by atoms with Gasteiger partial charge < -0.3 is 4.55 Å². The van der Waals surface area contributed by atoms with Crippen molar-refractivity contribution < 1.29 is 56.4 Å². The third-order valence-corrected chi connectivity index (χ3v) is 4.85. The van der Waals surface area contributed by atoms with Crippen molar-refractivity contribution in [3.8, 4) is 0 Å². The molecule has 0 radical (unpaired) electrons. The van der Waals surface area contributed by atoms with E-state index in [1.165, 1.54) is 0 Å². The van der Waals surface area contributed by atoms with Crippen LogP contribution >= 0.6 is 0 Å². The van der Waals surface area contributed by atoms with Crippen LogP contribution in [0.3, 0.4) is 0 Å². The van der Waals surface area contributed by atoms with Gasteiger partial charge in [-0.1, -0.05) is 7.77 Å². The van der Waals surface area contributed by atoms with E-state index in [0.29, 0.717) is 0 Å². The summed E-state index contributed by atoms with van der Waals surface area (Å²) >= 11 is 0. The van der Waals surface area contributed by atoms with Crippen molar-refractivity contribution in [2.24, 2.45) is 0 Å². The summed E-state index contributed by atoms with van der Waals surface area (Å²) in [5.41, 5.74) is 0. The van der Waals surface area contributed by atoms with Crippen LogP contribution < -0.4 is 18.9 Å². The Morgan fingerprint density at radius 1 is 0.857 bits per heavy atom. The van der Waals surface area contributed by atoms with Gasteiger partial charge in [0.25, 0.3) is 0 Å². The molecule has 0 aromatic carbocycles. The Morgan fingerprint density at radius 3 is 1.07 bits per heavy atom. The fraction of sp³-hybridized carbons (Fsp3) is 0. The van der Waals surface area contributed by atoms with Gasteiger partial charge in [0.2, 0.25) is 0 Å². The van der Waals surface area contributed by atoms with E-state index in [2.05, 4.69) is 0 Å². The van der Waals surface area contributed by atoms with Crippen LogP contribution in [0.15, 0.2) is 0 Å². The smallest absolute Gasteiger partial charge is 0.734 e. The fourth-order valence-corrected chi connectivity index (χ4v) is 2.92. The van der Waals surface area contributed by atoms with Gasteiger partial charge in [-0.05, 0) is 0 Å². The topological polar surface area (TPSA) is 129 Å². The molecule has 80 valence electrons. The molecule has 0 aliphatic carbocycles. The number of halogens is 2. The normalized spacial score (nSPS) is 13.7. The van der Waals surface area contributed by atoms with Crippen molar-refractivity contribution in [1.29, 1.82) is 0 Å². The molecule has 0 unspecified atom stereocenters. The van der Waals surface area contributed by atoms with Crippen LogP contribution in [0.2, 0.25) is 0 Å². The third kappa shape index (κ3) is 4.64. The number of rotatable bonds is 3. The monoisotopic (exact) mass is 267 g/mol. The maximum Gasteiger partial charge on any atom is 1.00 e. The minimum absolute atomic E-state index is 0. The van der Waals surface area contributed by atoms with Gasteiger partial charge in [0.1, 0.15) is 0 Å². The van der Waals surface area contributed by atoms with E-state index in [1.54, 1.807) is 0 Å². The summed E-state index contributed by atoms with van der Waals surface area (Å²) in [5.74, 6) is 0. The molecule has 0 heterocycles. The van der Waals surface area contributed by atoms with Gasteiger partial charge in [0.05, 0.1) is 3.12 Å². The van der Waals surface area contributed by atoms with E-state index >= 15 is 0 Å². The second-order valence-corrected chi connectivity index (χ2v) is 5.77. The minimum atomic E-state index is -6.51. The second-order valence-electron chi connectivity index (χ2n) is 1.48. The molecule has 0 spiro atoms. The first-order valence-corrected chi connectivity index (χ1v) is 6.07. The predicted molar refractivity (Wildman–Crippen MR) is 31.6 cm³/mol. The summed E-state index contributed by atoms with van der Waals surface area (Å²) in [6, 6.07) is 0. The molecule has 0 aliphatic rings. The standard InChI is InChI=1S/F2HNO7S3.Li/c1-11(4,5)3(12(2,6)7)13(8,9)10;/h(H,8,9,10);/q;+1/p-1. The molecule has 0 saturated carbocycles. The molecule has 0 aliphatic heterocycles. The maximum absolute atomic E-state index is 11.7. The zero-order chi connectivity index (χ0) is 11.1. The van der Waals surface area contributed by atoms with E-state index in [9.17, 15) is 37.6 Å². The van der Waals surface area contributed by atoms with E-state index in [4.69, 9.17) is 0 Å². The van der Waals surface area contributed by atoms with Crippen LogP contribution in [0, 0.1) is 0 Å². The molecule has 0 bridgehead atoms. The van der Waals surface area contributed by atoms with Crippen molar-refractivity contribution in [2.75, 3.05) is 0 Å². The fourth-order valence-electron chi connectivity index (χ4n) is 0.324. The van der Waals surface area contributed by atoms with Crippen molar-refractivity contribution in [3.63, 3.8) is 0 Å². The van der Waals surface area contributed by atoms with Gasteiger partial charge in [-0.25, -0.2) is 8.42 Å². The molecule has 8 nitrogen and oxygen atoms in total. The molecule has 0 N–H and O–H groups in total. The summed E-state index contributed by atoms with van der Waals surface area (Å²) in [7, 11) is -19.3. The van der Waals surface area contributed by atoms with E-state index in [0.717, 1.165) is 0 Å². The Bertz CT molecular complexity index is 409. The Hall–Kier alpha value is 0.227. The molecule has 0 saturated heterocycles. The van der Waals surface area contributed by atoms with Crippen molar-refractivity contribution in [3.05, 3.63) is 0 Å². The molecule has 0 fully saturated rings. The summed E-state index contributed by atoms with van der Waals surface area (Å²) in [6.45, 7) is 0. The first kappa shape index (κ1) is 16.6. The van der Waals surface area contributed by atoms with Crippen LogP contribution in [0.25, 0.3) is 0 Å². The van der Waals surface area contributed by atoms with Crippen LogP contribution in [0.4, 0.5) is 7.77 Å². The number of nitrogens with zero attached hydrogens (tertiary/aromatic N) is 1. The van der Waals surface area contributed by atoms with Crippen LogP contribution in [-0.4, -0.2) is 32.9 Å². The zero-order valence-corrected chi connectivity index (χ0v) is 8.74. The SMILES string of the molecule is O=S(=O)([O-])N(S(=O)(=O)F)S(=O)(=O)F.[Li+]. The molecule has 0 aromatic rings. The average Bonchev–Trinajstić information content (AvgIpc) is 1.44. The molecular weight excluding hydrogens is 267 g/mol. The molecule has 0 aromatic heterocycles. The Labute approximate surface area is 90.6 Å². The maximum atomic E-state index is 11.7. The molecule has 14 heavy (non-hydrogen) atoms. The Morgan fingerprint density at radius 2 is 1.07 bits per heavy atom. The first-order chi connectivity index (χ1) is 5.37. The van der Waals surface area contributed by atoms with Crippen molar-refractivity contribution in [2.45, 2.75) is 0 Å².